The zero-order valence-corrected chi connectivity index (χ0v) is 19.6. The lowest BCUT2D eigenvalue weighted by Crippen LogP contribution is -2.38. The normalized spacial score (nSPS) is 10.5. The third kappa shape index (κ3) is 7.69. The zero-order valence-electron chi connectivity index (χ0n) is 18.0. The molecule has 9 nitrogen and oxygen atoms in total. The molecule has 0 aliphatic heterocycles. The monoisotopic (exact) mass is 504 g/mol. The molecular weight excluding hydrogens is 480 g/mol. The number of benzene rings is 2. The number of ether oxygens (including phenoxy) is 2. The lowest BCUT2D eigenvalue weighted by Gasteiger charge is -2.12. The minimum Gasteiger partial charge on any atom is -0.493 e. The topological polar surface area (TPSA) is 118 Å². The van der Waals surface area contributed by atoms with Gasteiger partial charge in [-0.3, -0.25) is 14.4 Å². The van der Waals surface area contributed by atoms with Crippen molar-refractivity contribution in [1.82, 2.24) is 10.7 Å². The van der Waals surface area contributed by atoms with E-state index in [9.17, 15) is 14.4 Å². The van der Waals surface area contributed by atoms with Crippen LogP contribution in [0.4, 0.5) is 5.69 Å². The molecule has 2 aromatic carbocycles. The van der Waals surface area contributed by atoms with Crippen molar-refractivity contribution in [3.05, 3.63) is 52.0 Å². The van der Waals surface area contributed by atoms with Crippen LogP contribution >= 0.6 is 15.9 Å². The van der Waals surface area contributed by atoms with Gasteiger partial charge >= 0.3 is 11.8 Å². The lowest BCUT2D eigenvalue weighted by atomic mass is 10.2. The van der Waals surface area contributed by atoms with Gasteiger partial charge in [0.25, 0.3) is 5.91 Å². The Kier molecular flexibility index (Phi) is 9.68. The summed E-state index contributed by atoms with van der Waals surface area (Å²) in [5.74, 6) is -1.16. The Bertz CT molecular complexity index is 1010. The van der Waals surface area contributed by atoms with Crippen molar-refractivity contribution in [3.63, 3.8) is 0 Å². The highest BCUT2D eigenvalue weighted by Gasteiger charge is 2.12. The second kappa shape index (κ2) is 12.5. The number of rotatable bonds is 9. The SMILES string of the molecule is CCCNC(=O)C(=O)N/N=C\c1ccc(OCC(=O)Nc2ccc(Br)c(C)c2)c(OC)c1. The van der Waals surface area contributed by atoms with E-state index in [2.05, 4.69) is 37.1 Å². The van der Waals surface area contributed by atoms with Crippen LogP contribution < -0.4 is 25.5 Å². The number of halogens is 1. The fourth-order valence-electron chi connectivity index (χ4n) is 2.48. The van der Waals surface area contributed by atoms with Crippen molar-refractivity contribution in [1.29, 1.82) is 0 Å². The molecule has 170 valence electrons. The predicted molar refractivity (Wildman–Crippen MR) is 125 cm³/mol. The van der Waals surface area contributed by atoms with E-state index in [0.717, 1.165) is 16.5 Å². The minimum atomic E-state index is -0.853. The quantitative estimate of drug-likeness (QED) is 0.275. The van der Waals surface area contributed by atoms with Crippen LogP contribution in [0, 0.1) is 6.92 Å². The van der Waals surface area contributed by atoms with E-state index >= 15 is 0 Å². The number of hydrogen-bond donors (Lipinski definition) is 3. The number of hydrogen-bond acceptors (Lipinski definition) is 6. The van der Waals surface area contributed by atoms with E-state index in [1.807, 2.05) is 26.0 Å². The Morgan fingerprint density at radius 2 is 1.88 bits per heavy atom. The number of amides is 3. The summed E-state index contributed by atoms with van der Waals surface area (Å²) in [6, 6.07) is 10.4. The van der Waals surface area contributed by atoms with Gasteiger partial charge in [0.05, 0.1) is 13.3 Å². The molecule has 0 aliphatic rings. The number of anilines is 1. The Balaban J connectivity index is 1.92. The predicted octanol–water partition coefficient (Wildman–Crippen LogP) is 2.76. The van der Waals surface area contributed by atoms with Crippen molar-refractivity contribution in [3.8, 4) is 11.5 Å². The molecule has 0 unspecified atom stereocenters. The Hall–Kier alpha value is -3.40. The first-order valence-corrected chi connectivity index (χ1v) is 10.6. The molecule has 0 saturated heterocycles. The Morgan fingerprint density at radius 1 is 1.09 bits per heavy atom. The molecule has 0 atom stereocenters. The van der Waals surface area contributed by atoms with E-state index in [4.69, 9.17) is 9.47 Å². The van der Waals surface area contributed by atoms with Crippen molar-refractivity contribution < 1.29 is 23.9 Å². The number of methoxy groups -OCH3 is 1. The van der Waals surface area contributed by atoms with Gasteiger partial charge in [0, 0.05) is 16.7 Å². The van der Waals surface area contributed by atoms with E-state index in [-0.39, 0.29) is 12.5 Å². The standard InChI is InChI=1S/C22H25BrN4O5/c1-4-9-24-21(29)22(30)27-25-12-15-5-8-18(19(11-15)31-3)32-13-20(28)26-16-6-7-17(23)14(2)10-16/h5-8,10-12H,4,9,13H2,1-3H3,(H,24,29)(H,26,28)(H,27,30)/b25-12-. The van der Waals surface area contributed by atoms with E-state index in [1.165, 1.54) is 13.3 Å². The first-order valence-electron chi connectivity index (χ1n) is 9.82. The number of aryl methyl sites for hydroxylation is 1. The van der Waals surface area contributed by atoms with Gasteiger partial charge in [0.1, 0.15) is 0 Å². The summed E-state index contributed by atoms with van der Waals surface area (Å²) in [5.41, 5.74) is 4.42. The fraction of sp³-hybridized carbons (Fsp3) is 0.273. The van der Waals surface area contributed by atoms with Gasteiger partial charge in [-0.1, -0.05) is 22.9 Å². The van der Waals surface area contributed by atoms with Crippen LogP contribution in [0.2, 0.25) is 0 Å². The van der Waals surface area contributed by atoms with E-state index < -0.39 is 11.8 Å². The third-order valence-electron chi connectivity index (χ3n) is 4.11. The maximum Gasteiger partial charge on any atom is 0.329 e. The molecule has 0 radical (unpaired) electrons. The molecule has 0 bridgehead atoms. The first-order chi connectivity index (χ1) is 15.3. The van der Waals surface area contributed by atoms with Crippen LogP contribution in [-0.4, -0.2) is 44.2 Å². The summed E-state index contributed by atoms with van der Waals surface area (Å²) in [6.07, 6.45) is 2.09. The molecule has 0 fully saturated rings. The highest BCUT2D eigenvalue weighted by atomic mass is 79.9. The van der Waals surface area contributed by atoms with Gasteiger partial charge in [-0.15, -0.1) is 0 Å². The highest BCUT2D eigenvalue weighted by Crippen LogP contribution is 2.27. The molecule has 0 aliphatic carbocycles. The zero-order chi connectivity index (χ0) is 23.5. The molecule has 0 saturated carbocycles. The van der Waals surface area contributed by atoms with Gasteiger partial charge in [-0.25, -0.2) is 5.43 Å². The molecular formula is C22H25BrN4O5. The molecule has 3 amide bonds. The van der Waals surface area contributed by atoms with Crippen molar-refractivity contribution >= 4 is 45.6 Å². The van der Waals surface area contributed by atoms with Crippen LogP contribution in [-0.2, 0) is 14.4 Å². The van der Waals surface area contributed by atoms with Gasteiger partial charge in [0.2, 0.25) is 0 Å². The second-order valence-electron chi connectivity index (χ2n) is 6.67. The number of nitrogens with one attached hydrogen (secondary N) is 3. The van der Waals surface area contributed by atoms with Gasteiger partial charge in [0.15, 0.2) is 18.1 Å². The number of carbonyl (C=O) groups is 3. The minimum absolute atomic E-state index is 0.207. The largest absolute Gasteiger partial charge is 0.493 e. The van der Waals surface area contributed by atoms with Crippen LogP contribution in [0.25, 0.3) is 0 Å². The van der Waals surface area contributed by atoms with Crippen molar-refractivity contribution in [2.75, 3.05) is 25.6 Å². The molecule has 0 spiro atoms. The Labute approximate surface area is 194 Å². The maximum absolute atomic E-state index is 12.2. The summed E-state index contributed by atoms with van der Waals surface area (Å²) < 4.78 is 11.8. The van der Waals surface area contributed by atoms with Crippen LogP contribution in [0.3, 0.4) is 0 Å². The molecule has 32 heavy (non-hydrogen) atoms. The number of carbonyl (C=O) groups excluding carboxylic acids is 3. The maximum atomic E-state index is 12.2. The van der Waals surface area contributed by atoms with E-state index in [1.54, 1.807) is 24.3 Å². The molecule has 2 aromatic rings. The average molecular weight is 505 g/mol. The van der Waals surface area contributed by atoms with E-state index in [0.29, 0.717) is 29.3 Å². The van der Waals surface area contributed by atoms with Crippen molar-refractivity contribution in [2.24, 2.45) is 5.10 Å². The van der Waals surface area contributed by atoms with Crippen LogP contribution in [0.15, 0.2) is 46.0 Å². The van der Waals surface area contributed by atoms with Gasteiger partial charge < -0.3 is 20.1 Å². The fourth-order valence-corrected chi connectivity index (χ4v) is 2.73. The molecule has 3 N–H and O–H groups in total. The lowest BCUT2D eigenvalue weighted by molar-refractivity contribution is -0.139. The van der Waals surface area contributed by atoms with Crippen LogP contribution in [0.1, 0.15) is 24.5 Å². The van der Waals surface area contributed by atoms with Crippen LogP contribution in [0.5, 0.6) is 11.5 Å². The summed E-state index contributed by atoms with van der Waals surface area (Å²) >= 11 is 3.42. The smallest absolute Gasteiger partial charge is 0.329 e. The summed E-state index contributed by atoms with van der Waals surface area (Å²) in [6.45, 7) is 4.02. The Morgan fingerprint density at radius 3 is 2.56 bits per heavy atom. The summed E-state index contributed by atoms with van der Waals surface area (Å²) in [4.78, 5) is 35.3. The first kappa shape index (κ1) is 24.9. The molecule has 0 aromatic heterocycles. The summed E-state index contributed by atoms with van der Waals surface area (Å²) in [7, 11) is 1.47. The van der Waals surface area contributed by atoms with Gasteiger partial charge in [-0.05, 0) is 60.9 Å². The molecule has 0 heterocycles. The summed E-state index contributed by atoms with van der Waals surface area (Å²) in [5, 5.41) is 8.98. The van der Waals surface area contributed by atoms with Crippen molar-refractivity contribution in [2.45, 2.75) is 20.3 Å². The number of hydrazone groups is 1. The number of nitrogens with zero attached hydrogens (tertiary/aromatic N) is 1. The van der Waals surface area contributed by atoms with Gasteiger partial charge in [-0.2, -0.15) is 5.10 Å². The second-order valence-corrected chi connectivity index (χ2v) is 7.52. The molecule has 10 heteroatoms. The third-order valence-corrected chi connectivity index (χ3v) is 5.00. The molecule has 2 rings (SSSR count). The highest BCUT2D eigenvalue weighted by molar-refractivity contribution is 9.10. The average Bonchev–Trinajstić information content (AvgIpc) is 2.78.